The first-order valence-corrected chi connectivity index (χ1v) is 7.20. The van der Waals surface area contributed by atoms with Crippen LogP contribution in [0, 0.1) is 5.92 Å². The summed E-state index contributed by atoms with van der Waals surface area (Å²) in [5.41, 5.74) is 5.53. The van der Waals surface area contributed by atoms with E-state index in [-0.39, 0.29) is 17.8 Å². The normalized spacial score (nSPS) is 25.1. The van der Waals surface area contributed by atoms with Crippen LogP contribution in [-0.4, -0.2) is 18.2 Å². The van der Waals surface area contributed by atoms with Gasteiger partial charge >= 0.3 is 5.97 Å². The highest BCUT2D eigenvalue weighted by Gasteiger charge is 2.45. The number of carbonyl (C=O) groups excluding carboxylic acids is 1. The number of esters is 1. The van der Waals surface area contributed by atoms with E-state index in [0.717, 1.165) is 16.7 Å². The number of aliphatic hydroxyl groups is 1. The van der Waals surface area contributed by atoms with E-state index in [9.17, 15) is 9.90 Å². The van der Waals surface area contributed by atoms with Crippen molar-refractivity contribution in [1.82, 2.24) is 0 Å². The third-order valence-corrected chi connectivity index (χ3v) is 4.78. The highest BCUT2D eigenvalue weighted by atomic mass is 16.5. The summed E-state index contributed by atoms with van der Waals surface area (Å²) in [5, 5.41) is 10.4. The lowest BCUT2D eigenvalue weighted by Gasteiger charge is -2.32. The van der Waals surface area contributed by atoms with Gasteiger partial charge in [-0.3, -0.25) is 4.79 Å². The highest BCUT2D eigenvalue weighted by molar-refractivity contribution is 5.85. The summed E-state index contributed by atoms with van der Waals surface area (Å²) in [6.07, 6.45) is -0.183. The highest BCUT2D eigenvalue weighted by Crippen LogP contribution is 2.55. The van der Waals surface area contributed by atoms with Gasteiger partial charge in [0.15, 0.2) is 0 Å². The number of hydrogen-bond donors (Lipinski definition) is 1. The van der Waals surface area contributed by atoms with E-state index in [1.807, 2.05) is 24.3 Å². The average molecular weight is 280 g/mol. The maximum atomic E-state index is 12.2. The van der Waals surface area contributed by atoms with Gasteiger partial charge in [0.2, 0.25) is 0 Å². The SMILES string of the molecule is COC(=O)[C@@H]1C[C@@H](O)c2cccc3c2[C@H]1c1ccccc1-3. The molecule has 0 unspecified atom stereocenters. The number of benzene rings is 2. The molecule has 0 saturated carbocycles. The summed E-state index contributed by atoms with van der Waals surface area (Å²) in [6, 6.07) is 14.2. The Balaban J connectivity index is 2.00. The average Bonchev–Trinajstić information content (AvgIpc) is 2.86. The van der Waals surface area contributed by atoms with Crippen molar-refractivity contribution in [3.8, 4) is 11.1 Å². The molecule has 0 saturated heterocycles. The van der Waals surface area contributed by atoms with Gasteiger partial charge in [-0.15, -0.1) is 0 Å². The maximum Gasteiger partial charge on any atom is 0.309 e. The number of fused-ring (bicyclic) bond motifs is 3. The van der Waals surface area contributed by atoms with Crippen molar-refractivity contribution in [2.24, 2.45) is 5.92 Å². The van der Waals surface area contributed by atoms with E-state index in [4.69, 9.17) is 4.74 Å². The van der Waals surface area contributed by atoms with Crippen LogP contribution in [0.2, 0.25) is 0 Å². The molecule has 2 aromatic carbocycles. The van der Waals surface area contributed by atoms with Gasteiger partial charge in [0, 0.05) is 5.92 Å². The van der Waals surface area contributed by atoms with Crippen LogP contribution in [0.25, 0.3) is 11.1 Å². The molecule has 0 spiro atoms. The Labute approximate surface area is 123 Å². The fourth-order valence-corrected chi connectivity index (χ4v) is 3.93. The van der Waals surface area contributed by atoms with E-state index >= 15 is 0 Å². The van der Waals surface area contributed by atoms with Crippen LogP contribution in [0.3, 0.4) is 0 Å². The quantitative estimate of drug-likeness (QED) is 0.817. The lowest BCUT2D eigenvalue weighted by Crippen LogP contribution is -2.30. The van der Waals surface area contributed by atoms with E-state index < -0.39 is 6.10 Å². The molecule has 0 bridgehead atoms. The molecule has 21 heavy (non-hydrogen) atoms. The second-order valence-corrected chi connectivity index (χ2v) is 5.75. The number of carbonyl (C=O) groups is 1. The molecule has 0 aliphatic heterocycles. The molecule has 2 aliphatic carbocycles. The van der Waals surface area contributed by atoms with Gasteiger partial charge in [-0.1, -0.05) is 42.5 Å². The van der Waals surface area contributed by atoms with Crippen LogP contribution in [-0.2, 0) is 9.53 Å². The van der Waals surface area contributed by atoms with Crippen molar-refractivity contribution in [2.45, 2.75) is 18.4 Å². The minimum atomic E-state index is -0.602. The molecule has 0 heterocycles. The fraction of sp³-hybridized carbons (Fsp3) is 0.278. The Morgan fingerprint density at radius 3 is 2.62 bits per heavy atom. The zero-order chi connectivity index (χ0) is 14.6. The minimum Gasteiger partial charge on any atom is -0.469 e. The van der Waals surface area contributed by atoms with Crippen LogP contribution >= 0.6 is 0 Å². The molecule has 0 amide bonds. The first kappa shape index (κ1) is 12.6. The van der Waals surface area contributed by atoms with Crippen LogP contribution in [0.4, 0.5) is 0 Å². The standard InChI is InChI=1S/C18H16O3/c1-21-18(20)14-9-15(19)13-8-4-7-12-10-5-2-3-6-11(10)17(14)16(12)13/h2-8,14-15,17,19H,9H2,1H3/t14-,15-,17+/m1/s1. The fourth-order valence-electron chi connectivity index (χ4n) is 3.93. The molecule has 3 nitrogen and oxygen atoms in total. The van der Waals surface area contributed by atoms with Gasteiger partial charge < -0.3 is 9.84 Å². The number of rotatable bonds is 1. The van der Waals surface area contributed by atoms with Crippen LogP contribution < -0.4 is 0 Å². The molecule has 4 rings (SSSR count). The third-order valence-electron chi connectivity index (χ3n) is 4.78. The Kier molecular flexibility index (Phi) is 2.66. The Morgan fingerprint density at radius 1 is 1.10 bits per heavy atom. The zero-order valence-electron chi connectivity index (χ0n) is 11.7. The molecule has 0 aromatic heterocycles. The number of aliphatic hydroxyl groups excluding tert-OH is 1. The number of hydrogen-bond acceptors (Lipinski definition) is 3. The summed E-state index contributed by atoms with van der Waals surface area (Å²) >= 11 is 0. The molecule has 1 N–H and O–H groups in total. The predicted molar refractivity (Wildman–Crippen MR) is 78.8 cm³/mol. The molecule has 0 radical (unpaired) electrons. The van der Waals surface area contributed by atoms with Gasteiger partial charge in [-0.25, -0.2) is 0 Å². The lowest BCUT2D eigenvalue weighted by molar-refractivity contribution is -0.147. The van der Waals surface area contributed by atoms with Crippen molar-refractivity contribution >= 4 is 5.97 Å². The van der Waals surface area contributed by atoms with E-state index in [1.165, 1.54) is 18.2 Å². The van der Waals surface area contributed by atoms with Crippen LogP contribution in [0.15, 0.2) is 42.5 Å². The molecule has 2 aliphatic rings. The summed E-state index contributed by atoms with van der Waals surface area (Å²) in [6.45, 7) is 0. The second-order valence-electron chi connectivity index (χ2n) is 5.75. The van der Waals surface area contributed by atoms with E-state index in [1.54, 1.807) is 0 Å². The largest absolute Gasteiger partial charge is 0.469 e. The Bertz CT molecular complexity index is 735. The Morgan fingerprint density at radius 2 is 1.81 bits per heavy atom. The topological polar surface area (TPSA) is 46.5 Å². The molecular weight excluding hydrogens is 264 g/mol. The first-order valence-electron chi connectivity index (χ1n) is 7.20. The van der Waals surface area contributed by atoms with Crippen LogP contribution in [0.5, 0.6) is 0 Å². The van der Waals surface area contributed by atoms with Crippen molar-refractivity contribution in [2.75, 3.05) is 7.11 Å². The summed E-state index contributed by atoms with van der Waals surface area (Å²) in [4.78, 5) is 12.2. The first-order chi connectivity index (χ1) is 10.2. The van der Waals surface area contributed by atoms with Crippen molar-refractivity contribution in [3.05, 3.63) is 59.2 Å². The molecule has 3 heteroatoms. The third kappa shape index (κ3) is 1.61. The van der Waals surface area contributed by atoms with Gasteiger partial charge in [0.1, 0.15) is 0 Å². The van der Waals surface area contributed by atoms with Gasteiger partial charge in [0.05, 0.1) is 19.1 Å². The van der Waals surface area contributed by atoms with E-state index in [2.05, 4.69) is 18.2 Å². The molecular formula is C18H16O3. The molecule has 106 valence electrons. The lowest BCUT2D eigenvalue weighted by atomic mass is 9.73. The second kappa shape index (κ2) is 4.43. The maximum absolute atomic E-state index is 12.2. The molecule has 0 fully saturated rings. The van der Waals surface area contributed by atoms with Crippen molar-refractivity contribution < 1.29 is 14.6 Å². The van der Waals surface area contributed by atoms with Gasteiger partial charge in [0.25, 0.3) is 0 Å². The minimum absolute atomic E-state index is 0.00301. The number of ether oxygens (including phenoxy) is 1. The zero-order valence-corrected chi connectivity index (χ0v) is 11.7. The molecule has 2 aromatic rings. The summed E-state index contributed by atoms with van der Waals surface area (Å²) < 4.78 is 4.97. The smallest absolute Gasteiger partial charge is 0.309 e. The van der Waals surface area contributed by atoms with Crippen LogP contribution in [0.1, 0.15) is 35.1 Å². The van der Waals surface area contributed by atoms with Crippen molar-refractivity contribution in [1.29, 1.82) is 0 Å². The van der Waals surface area contributed by atoms with Gasteiger partial charge in [-0.05, 0) is 34.2 Å². The van der Waals surface area contributed by atoms with Crippen molar-refractivity contribution in [3.63, 3.8) is 0 Å². The summed E-state index contributed by atoms with van der Waals surface area (Å²) in [5.74, 6) is -0.554. The predicted octanol–water partition coefficient (Wildman–Crippen LogP) is 3.03. The summed E-state index contributed by atoms with van der Waals surface area (Å²) in [7, 11) is 1.41. The van der Waals surface area contributed by atoms with Gasteiger partial charge in [-0.2, -0.15) is 0 Å². The Hall–Kier alpha value is -2.13. The molecule has 3 atom stereocenters. The number of methoxy groups -OCH3 is 1. The van der Waals surface area contributed by atoms with E-state index in [0.29, 0.717) is 6.42 Å². The monoisotopic (exact) mass is 280 g/mol.